The van der Waals surface area contributed by atoms with E-state index in [1.54, 1.807) is 78.8 Å². The van der Waals surface area contributed by atoms with E-state index in [4.69, 9.17) is 4.74 Å². The van der Waals surface area contributed by atoms with E-state index in [1.807, 2.05) is 0 Å². The van der Waals surface area contributed by atoms with Crippen LogP contribution in [0.5, 0.6) is 0 Å². The van der Waals surface area contributed by atoms with Gasteiger partial charge in [0.25, 0.3) is 5.91 Å². The van der Waals surface area contributed by atoms with Crippen LogP contribution < -0.4 is 26.6 Å². The van der Waals surface area contributed by atoms with Gasteiger partial charge in [0.05, 0.1) is 12.5 Å². The van der Waals surface area contributed by atoms with E-state index < -0.39 is 83.5 Å². The first-order valence-corrected chi connectivity index (χ1v) is 14.7. The molecule has 4 unspecified atom stereocenters. The summed E-state index contributed by atoms with van der Waals surface area (Å²) in [7, 11) is 2.94. The molecule has 6 amide bonds. The highest BCUT2D eigenvalue weighted by Crippen LogP contribution is 2.11. The number of ether oxygens (including phenoxy) is 1. The highest BCUT2D eigenvalue weighted by Gasteiger charge is 2.35. The lowest BCUT2D eigenvalue weighted by atomic mass is 9.99. The molecule has 5 N–H and O–H groups in total. The van der Waals surface area contributed by atoms with Gasteiger partial charge in [-0.3, -0.25) is 28.8 Å². The van der Waals surface area contributed by atoms with Crippen LogP contribution >= 0.6 is 0 Å². The molecule has 0 aliphatic rings. The Balaban J connectivity index is 3.09. The van der Waals surface area contributed by atoms with Crippen molar-refractivity contribution in [2.24, 2.45) is 11.8 Å². The molecule has 4 atom stereocenters. The van der Waals surface area contributed by atoms with E-state index in [-0.39, 0.29) is 5.92 Å². The lowest BCUT2D eigenvalue weighted by Gasteiger charge is -2.29. The van der Waals surface area contributed by atoms with Crippen molar-refractivity contribution in [3.63, 3.8) is 0 Å². The van der Waals surface area contributed by atoms with E-state index in [9.17, 15) is 33.6 Å². The predicted molar refractivity (Wildman–Crippen MR) is 168 cm³/mol. The maximum Gasteiger partial charge on any atom is 0.408 e. The number of hydrogen-bond acceptors (Lipinski definition) is 8. The van der Waals surface area contributed by atoms with E-state index >= 15 is 0 Å². The predicted octanol–water partition coefficient (Wildman–Crippen LogP) is 1.35. The van der Waals surface area contributed by atoms with Crippen molar-refractivity contribution in [3.8, 4) is 0 Å². The van der Waals surface area contributed by atoms with Gasteiger partial charge < -0.3 is 36.2 Å². The Morgan fingerprint density at radius 3 is 1.73 bits per heavy atom. The van der Waals surface area contributed by atoms with Gasteiger partial charge in [0.15, 0.2) is 0 Å². The number of ketones is 1. The van der Waals surface area contributed by atoms with Crippen molar-refractivity contribution in [1.82, 2.24) is 26.2 Å². The van der Waals surface area contributed by atoms with Crippen molar-refractivity contribution in [2.45, 2.75) is 91.6 Å². The maximum absolute atomic E-state index is 13.4. The first-order chi connectivity index (χ1) is 20.7. The highest BCUT2D eigenvalue weighted by molar-refractivity contribution is 6.42. The van der Waals surface area contributed by atoms with Gasteiger partial charge in [0.2, 0.25) is 29.4 Å². The first kappa shape index (κ1) is 38.5. The Kier molecular flexibility index (Phi) is 14.7. The SMILES string of the molecule is CC(NC(=O)C(CC(=O)N(C)C)NC(=O)C(NC(=O)C(NC(=O)OC(C)(C)C)C(C)C)C(C)C)C(=O)C(=O)Nc1ccccc1. The minimum atomic E-state index is -1.45. The van der Waals surface area contributed by atoms with Gasteiger partial charge in [0.1, 0.15) is 23.7 Å². The van der Waals surface area contributed by atoms with Gasteiger partial charge in [-0.15, -0.1) is 0 Å². The molecular formula is C31H48N6O8. The van der Waals surface area contributed by atoms with Crippen LogP contribution in [-0.4, -0.2) is 90.2 Å². The summed E-state index contributed by atoms with van der Waals surface area (Å²) >= 11 is 0. The topological polar surface area (TPSA) is 192 Å². The number of amides is 6. The molecule has 14 nitrogen and oxygen atoms in total. The number of para-hydroxylation sites is 1. The van der Waals surface area contributed by atoms with Gasteiger partial charge in [-0.05, 0) is 51.7 Å². The van der Waals surface area contributed by atoms with Crippen LogP contribution in [0.2, 0.25) is 0 Å². The molecule has 0 saturated heterocycles. The summed E-state index contributed by atoms with van der Waals surface area (Å²) < 4.78 is 5.26. The number of nitrogens with one attached hydrogen (secondary N) is 5. The zero-order valence-electron chi connectivity index (χ0n) is 27.8. The lowest BCUT2D eigenvalue weighted by Crippen LogP contribution is -2.60. The van der Waals surface area contributed by atoms with Gasteiger partial charge >= 0.3 is 6.09 Å². The molecule has 0 aliphatic heterocycles. The molecular weight excluding hydrogens is 584 g/mol. The Labute approximate surface area is 264 Å². The minimum Gasteiger partial charge on any atom is -0.444 e. The number of carbonyl (C=O) groups excluding carboxylic acids is 7. The molecule has 0 fully saturated rings. The fourth-order valence-corrected chi connectivity index (χ4v) is 3.87. The molecule has 0 heterocycles. The second kappa shape index (κ2) is 17.1. The average molecular weight is 633 g/mol. The van der Waals surface area contributed by atoms with Gasteiger partial charge in [-0.25, -0.2) is 4.79 Å². The minimum absolute atomic E-state index is 0.372. The van der Waals surface area contributed by atoms with Crippen LogP contribution in [-0.2, 0) is 33.5 Å². The molecule has 0 radical (unpaired) electrons. The monoisotopic (exact) mass is 632 g/mol. The molecule has 14 heteroatoms. The summed E-state index contributed by atoms with van der Waals surface area (Å²) in [4.78, 5) is 91.2. The third-order valence-electron chi connectivity index (χ3n) is 6.39. The summed E-state index contributed by atoms with van der Waals surface area (Å²) in [5, 5.41) is 12.5. The second-order valence-corrected chi connectivity index (χ2v) is 12.6. The van der Waals surface area contributed by atoms with Crippen LogP contribution in [0.3, 0.4) is 0 Å². The average Bonchev–Trinajstić information content (AvgIpc) is 2.92. The maximum atomic E-state index is 13.4. The lowest BCUT2D eigenvalue weighted by molar-refractivity contribution is -0.139. The van der Waals surface area contributed by atoms with Crippen molar-refractivity contribution < 1.29 is 38.3 Å². The summed E-state index contributed by atoms with van der Waals surface area (Å²) in [6.45, 7) is 13.1. The van der Waals surface area contributed by atoms with Crippen molar-refractivity contribution in [1.29, 1.82) is 0 Å². The zero-order valence-corrected chi connectivity index (χ0v) is 27.8. The fourth-order valence-electron chi connectivity index (χ4n) is 3.87. The third-order valence-corrected chi connectivity index (χ3v) is 6.39. The standard InChI is InChI=1S/C31H48N6O8/c1-17(2)23(35-28(42)24(18(3)4)36-30(44)45-31(6,7)8)27(41)34-21(16-22(38)37(9)10)26(40)32-19(5)25(39)29(43)33-20-14-12-11-13-15-20/h11-15,17-19,21,23-24H,16H2,1-10H3,(H,32,40)(H,33,43)(H,34,41)(H,35,42)(H,36,44). The number of carbonyl (C=O) groups is 7. The van der Waals surface area contributed by atoms with Crippen LogP contribution in [0.25, 0.3) is 0 Å². The number of Topliss-reactive ketones (excluding diaryl/α,β-unsaturated/α-hetero) is 1. The van der Waals surface area contributed by atoms with Crippen molar-refractivity contribution >= 4 is 47.1 Å². The van der Waals surface area contributed by atoms with Crippen LogP contribution in [0.1, 0.15) is 61.8 Å². The Hall–Kier alpha value is -4.49. The number of alkyl carbamates (subject to hydrolysis) is 1. The van der Waals surface area contributed by atoms with Crippen LogP contribution in [0.4, 0.5) is 10.5 Å². The number of nitrogens with zero attached hydrogens (tertiary/aromatic N) is 1. The molecule has 1 rings (SSSR count). The number of hydrogen-bond donors (Lipinski definition) is 5. The number of anilines is 1. The molecule has 0 aromatic heterocycles. The van der Waals surface area contributed by atoms with E-state index in [0.29, 0.717) is 5.69 Å². The van der Waals surface area contributed by atoms with E-state index in [0.717, 1.165) is 0 Å². The van der Waals surface area contributed by atoms with Gasteiger partial charge in [-0.1, -0.05) is 45.9 Å². The zero-order chi connectivity index (χ0) is 34.6. The summed E-state index contributed by atoms with van der Waals surface area (Å²) in [6, 6.07) is 3.32. The van der Waals surface area contributed by atoms with Gasteiger partial charge in [0, 0.05) is 19.8 Å². The van der Waals surface area contributed by atoms with E-state index in [1.165, 1.54) is 25.9 Å². The van der Waals surface area contributed by atoms with Crippen LogP contribution in [0.15, 0.2) is 30.3 Å². The second-order valence-electron chi connectivity index (χ2n) is 12.6. The Morgan fingerprint density at radius 2 is 1.24 bits per heavy atom. The summed E-state index contributed by atoms with van der Waals surface area (Å²) in [6.07, 6.45) is -1.27. The quantitative estimate of drug-likeness (QED) is 0.190. The molecule has 1 aromatic rings. The molecule has 1 aromatic carbocycles. The van der Waals surface area contributed by atoms with Gasteiger partial charge in [-0.2, -0.15) is 0 Å². The molecule has 0 saturated carbocycles. The fraction of sp³-hybridized carbons (Fsp3) is 0.581. The number of rotatable bonds is 14. The Morgan fingerprint density at radius 1 is 0.733 bits per heavy atom. The molecule has 45 heavy (non-hydrogen) atoms. The van der Waals surface area contributed by atoms with Crippen molar-refractivity contribution in [3.05, 3.63) is 30.3 Å². The van der Waals surface area contributed by atoms with E-state index in [2.05, 4.69) is 26.6 Å². The first-order valence-electron chi connectivity index (χ1n) is 14.7. The van der Waals surface area contributed by atoms with Crippen LogP contribution in [0, 0.1) is 11.8 Å². The smallest absolute Gasteiger partial charge is 0.408 e. The molecule has 0 spiro atoms. The summed E-state index contributed by atoms with van der Waals surface area (Å²) in [5.41, 5.74) is -0.408. The summed E-state index contributed by atoms with van der Waals surface area (Å²) in [5.74, 6) is -5.55. The molecule has 250 valence electrons. The Bertz CT molecular complexity index is 1230. The third kappa shape index (κ3) is 13.4. The molecule has 0 bridgehead atoms. The number of benzene rings is 1. The normalized spacial score (nSPS) is 13.9. The van der Waals surface area contributed by atoms with Crippen molar-refractivity contribution in [2.75, 3.05) is 19.4 Å². The largest absolute Gasteiger partial charge is 0.444 e. The highest BCUT2D eigenvalue weighted by atomic mass is 16.6. The molecule has 0 aliphatic carbocycles.